The van der Waals surface area contributed by atoms with Crippen LogP contribution in [0.3, 0.4) is 0 Å². The fraction of sp³-hybridized carbons (Fsp3) is 0.444. The molecule has 3 aromatic heterocycles. The van der Waals surface area contributed by atoms with Gasteiger partial charge in [0.1, 0.15) is 11.0 Å². The number of hydrogen-bond donors (Lipinski definition) is 2. The second kappa shape index (κ2) is 6.31. The van der Waals surface area contributed by atoms with Crippen molar-refractivity contribution in [2.45, 2.75) is 47.5 Å². The smallest absolute Gasteiger partial charge is 0.287 e. The Balaban J connectivity index is 2.22. The van der Waals surface area contributed by atoms with Gasteiger partial charge in [0, 0.05) is 22.6 Å². The van der Waals surface area contributed by atoms with Crippen molar-refractivity contribution in [1.29, 1.82) is 0 Å². The van der Waals surface area contributed by atoms with Gasteiger partial charge in [-0.25, -0.2) is 9.97 Å². The Morgan fingerprint density at radius 2 is 1.76 bits per heavy atom. The van der Waals surface area contributed by atoms with Gasteiger partial charge in [-0.3, -0.25) is 14.7 Å². The van der Waals surface area contributed by atoms with E-state index in [4.69, 9.17) is 0 Å². The summed E-state index contributed by atoms with van der Waals surface area (Å²) in [5, 5.41) is 3.06. The summed E-state index contributed by atoms with van der Waals surface area (Å²) < 4.78 is 1.23. The molecule has 0 atom stereocenters. The molecule has 0 aliphatic heterocycles. The molecular weight excluding hydrogens is 318 g/mol. The number of aryl methyl sites for hydroxylation is 3. The first-order valence-corrected chi connectivity index (χ1v) is 8.47. The molecule has 7 nitrogen and oxygen atoms in total. The van der Waals surface area contributed by atoms with E-state index in [0.717, 1.165) is 23.5 Å². The zero-order valence-corrected chi connectivity index (χ0v) is 15.2. The summed E-state index contributed by atoms with van der Waals surface area (Å²) in [4.78, 5) is 37.4. The Kier molecular flexibility index (Phi) is 4.32. The second-order valence-corrected chi connectivity index (χ2v) is 6.94. The molecule has 0 aliphatic rings. The SMILES string of the molecule is Cc1cc(C)nc(-n2[nH]c3[nH]c(C)c(CCC(C)C)c(=O)c3c2=O)n1. The number of aromatic amines is 2. The molecule has 3 aromatic rings. The molecule has 0 saturated heterocycles. The van der Waals surface area contributed by atoms with Gasteiger partial charge in [0.2, 0.25) is 0 Å². The number of pyridine rings is 1. The maximum Gasteiger partial charge on any atom is 0.287 e. The predicted molar refractivity (Wildman–Crippen MR) is 97.5 cm³/mol. The summed E-state index contributed by atoms with van der Waals surface area (Å²) in [6.07, 6.45) is 1.55. The van der Waals surface area contributed by atoms with Crippen molar-refractivity contribution < 1.29 is 0 Å². The third-order valence-corrected chi connectivity index (χ3v) is 4.30. The Bertz CT molecular complexity index is 1040. The van der Waals surface area contributed by atoms with Gasteiger partial charge < -0.3 is 4.98 Å². The number of hydrogen-bond acceptors (Lipinski definition) is 4. The predicted octanol–water partition coefficient (Wildman–Crippen LogP) is 2.31. The Morgan fingerprint density at radius 3 is 2.36 bits per heavy atom. The van der Waals surface area contributed by atoms with Crippen LogP contribution in [0.2, 0.25) is 0 Å². The van der Waals surface area contributed by atoms with E-state index in [1.165, 1.54) is 4.68 Å². The second-order valence-electron chi connectivity index (χ2n) is 6.94. The lowest BCUT2D eigenvalue weighted by atomic mass is 10.0. The third kappa shape index (κ3) is 3.14. The van der Waals surface area contributed by atoms with E-state index in [0.29, 0.717) is 23.5 Å². The molecule has 2 N–H and O–H groups in total. The minimum absolute atomic E-state index is 0.132. The van der Waals surface area contributed by atoms with E-state index < -0.39 is 5.56 Å². The van der Waals surface area contributed by atoms with Crippen molar-refractivity contribution in [3.05, 3.63) is 49.3 Å². The molecule has 3 heterocycles. The van der Waals surface area contributed by atoms with Crippen molar-refractivity contribution >= 4 is 11.0 Å². The molecule has 0 aromatic carbocycles. The molecule has 0 aliphatic carbocycles. The fourth-order valence-electron chi connectivity index (χ4n) is 3.00. The minimum Gasteiger partial charge on any atom is -0.343 e. The van der Waals surface area contributed by atoms with E-state index in [1.807, 2.05) is 26.8 Å². The van der Waals surface area contributed by atoms with Crippen LogP contribution in [0.1, 0.15) is 42.9 Å². The average molecular weight is 341 g/mol. The molecule has 3 rings (SSSR count). The maximum absolute atomic E-state index is 12.9. The Labute approximate surface area is 145 Å². The molecule has 0 radical (unpaired) electrons. The van der Waals surface area contributed by atoms with Crippen molar-refractivity contribution in [1.82, 2.24) is 24.7 Å². The van der Waals surface area contributed by atoms with Crippen LogP contribution in [-0.4, -0.2) is 24.7 Å². The summed E-state index contributed by atoms with van der Waals surface area (Å²) in [7, 11) is 0. The Hall–Kier alpha value is -2.70. The zero-order chi connectivity index (χ0) is 18.3. The van der Waals surface area contributed by atoms with Crippen molar-refractivity contribution in [3.8, 4) is 5.95 Å². The lowest BCUT2D eigenvalue weighted by Gasteiger charge is -2.07. The van der Waals surface area contributed by atoms with Gasteiger partial charge in [-0.2, -0.15) is 4.68 Å². The highest BCUT2D eigenvalue weighted by molar-refractivity contribution is 5.75. The average Bonchev–Trinajstić information content (AvgIpc) is 2.82. The molecule has 0 amide bonds. The first-order chi connectivity index (χ1) is 11.8. The number of rotatable bonds is 4. The number of nitrogens with zero attached hydrogens (tertiary/aromatic N) is 3. The van der Waals surface area contributed by atoms with Crippen molar-refractivity contribution in [2.75, 3.05) is 0 Å². The van der Waals surface area contributed by atoms with Gasteiger partial charge in [0.05, 0.1) is 0 Å². The summed E-state index contributed by atoms with van der Waals surface area (Å²) in [5.74, 6) is 0.730. The summed E-state index contributed by atoms with van der Waals surface area (Å²) >= 11 is 0. The van der Waals surface area contributed by atoms with Crippen LogP contribution in [0.15, 0.2) is 15.7 Å². The maximum atomic E-state index is 12.9. The van der Waals surface area contributed by atoms with E-state index in [2.05, 4.69) is 33.9 Å². The molecule has 0 spiro atoms. The lowest BCUT2D eigenvalue weighted by molar-refractivity contribution is 0.584. The summed E-state index contributed by atoms with van der Waals surface area (Å²) in [6.45, 7) is 9.77. The normalized spacial score (nSPS) is 11.6. The van der Waals surface area contributed by atoms with Gasteiger partial charge in [-0.15, -0.1) is 0 Å². The molecular formula is C18H23N5O2. The molecule has 0 unspecified atom stereocenters. The van der Waals surface area contributed by atoms with Crippen LogP contribution < -0.4 is 11.0 Å². The highest BCUT2D eigenvalue weighted by Gasteiger charge is 2.18. The van der Waals surface area contributed by atoms with Crippen LogP contribution >= 0.6 is 0 Å². The topological polar surface area (TPSA) is 96.4 Å². The molecule has 132 valence electrons. The first-order valence-electron chi connectivity index (χ1n) is 8.47. The third-order valence-electron chi connectivity index (χ3n) is 4.30. The molecule has 0 bridgehead atoms. The molecule has 0 fully saturated rings. The van der Waals surface area contributed by atoms with Crippen LogP contribution in [-0.2, 0) is 6.42 Å². The standard InChI is InChI=1S/C18H23N5O2/c1-9(2)6-7-13-12(5)21-16-14(15(13)24)17(25)23(22-16)18-19-10(3)8-11(4)20-18/h8-9H,6-7H2,1-5H3,(H2,21,22,24). The van der Waals surface area contributed by atoms with Gasteiger partial charge in [-0.1, -0.05) is 13.8 Å². The fourth-order valence-corrected chi connectivity index (χ4v) is 3.00. The van der Waals surface area contributed by atoms with Crippen molar-refractivity contribution in [3.63, 3.8) is 0 Å². The summed E-state index contributed by atoms with van der Waals surface area (Å²) in [5.41, 5.74) is 2.74. The highest BCUT2D eigenvalue weighted by atomic mass is 16.1. The largest absolute Gasteiger partial charge is 0.343 e. The lowest BCUT2D eigenvalue weighted by Crippen LogP contribution is -2.22. The number of fused-ring (bicyclic) bond motifs is 1. The van der Waals surface area contributed by atoms with Crippen LogP contribution in [0.4, 0.5) is 0 Å². The van der Waals surface area contributed by atoms with Gasteiger partial charge in [-0.05, 0) is 45.6 Å². The van der Waals surface area contributed by atoms with Gasteiger partial charge in [0.15, 0.2) is 5.43 Å². The monoisotopic (exact) mass is 341 g/mol. The summed E-state index contributed by atoms with van der Waals surface area (Å²) in [6, 6.07) is 1.83. The zero-order valence-electron chi connectivity index (χ0n) is 15.2. The van der Waals surface area contributed by atoms with Crippen LogP contribution in [0.5, 0.6) is 0 Å². The molecule has 7 heteroatoms. The van der Waals surface area contributed by atoms with Gasteiger partial charge in [0.25, 0.3) is 11.5 Å². The number of aromatic nitrogens is 5. The van der Waals surface area contributed by atoms with E-state index in [1.54, 1.807) is 0 Å². The van der Waals surface area contributed by atoms with Gasteiger partial charge >= 0.3 is 0 Å². The molecule has 0 saturated carbocycles. The quantitative estimate of drug-likeness (QED) is 0.761. The minimum atomic E-state index is -0.424. The van der Waals surface area contributed by atoms with Crippen LogP contribution in [0, 0.1) is 26.7 Å². The Morgan fingerprint density at radius 1 is 1.12 bits per heavy atom. The van der Waals surface area contributed by atoms with Crippen LogP contribution in [0.25, 0.3) is 17.0 Å². The van der Waals surface area contributed by atoms with Crippen molar-refractivity contribution in [2.24, 2.45) is 5.92 Å². The number of H-pyrrole nitrogens is 2. The van der Waals surface area contributed by atoms with E-state index >= 15 is 0 Å². The molecule has 25 heavy (non-hydrogen) atoms. The first kappa shape index (κ1) is 17.1. The number of nitrogens with one attached hydrogen (secondary N) is 2. The highest BCUT2D eigenvalue weighted by Crippen LogP contribution is 2.12. The van der Waals surface area contributed by atoms with E-state index in [-0.39, 0.29) is 16.8 Å². The van der Waals surface area contributed by atoms with E-state index in [9.17, 15) is 9.59 Å².